The van der Waals surface area contributed by atoms with Crippen molar-refractivity contribution in [2.24, 2.45) is 0 Å². The average Bonchev–Trinajstić information content (AvgIpc) is 2.40. The Bertz CT molecular complexity index is 557. The Morgan fingerprint density at radius 2 is 2.06 bits per heavy atom. The number of aliphatic hydroxyl groups excluding tert-OH is 1. The summed E-state index contributed by atoms with van der Waals surface area (Å²) >= 11 is 0. The zero-order valence-corrected chi connectivity index (χ0v) is 10.2. The molecule has 1 aromatic heterocycles. The smallest absolute Gasteiger partial charge is 0.143 e. The fraction of sp³-hybridized carbons (Fsp3) is 0.214. The zero-order valence-electron chi connectivity index (χ0n) is 10.2. The number of hydrogen-bond acceptors (Lipinski definition) is 3. The van der Waals surface area contributed by atoms with E-state index in [0.29, 0.717) is 11.3 Å². The molecule has 1 heterocycles. The first-order valence-electron chi connectivity index (χ1n) is 5.55. The summed E-state index contributed by atoms with van der Waals surface area (Å²) in [7, 11) is 1.49. The van der Waals surface area contributed by atoms with Crippen molar-refractivity contribution in [3.05, 3.63) is 59.2 Å². The summed E-state index contributed by atoms with van der Waals surface area (Å²) in [5.41, 5.74) is 1.62. The molecule has 1 aromatic carbocycles. The Kier molecular flexibility index (Phi) is 3.58. The van der Waals surface area contributed by atoms with Crippen LogP contribution in [0.3, 0.4) is 0 Å². The maximum absolute atomic E-state index is 13.7. The van der Waals surface area contributed by atoms with Gasteiger partial charge in [0.25, 0.3) is 0 Å². The maximum Gasteiger partial charge on any atom is 0.143 e. The molecule has 94 valence electrons. The molecule has 0 radical (unpaired) electrons. The van der Waals surface area contributed by atoms with Crippen LogP contribution in [0, 0.1) is 12.7 Å². The van der Waals surface area contributed by atoms with Gasteiger partial charge in [0.2, 0.25) is 0 Å². The summed E-state index contributed by atoms with van der Waals surface area (Å²) in [6.45, 7) is 1.85. The van der Waals surface area contributed by atoms with Crippen LogP contribution in [0.1, 0.15) is 22.8 Å². The van der Waals surface area contributed by atoms with Crippen molar-refractivity contribution in [3.63, 3.8) is 0 Å². The van der Waals surface area contributed by atoms with E-state index in [1.54, 1.807) is 18.2 Å². The first-order valence-corrected chi connectivity index (χ1v) is 5.55. The van der Waals surface area contributed by atoms with Crippen LogP contribution in [0.25, 0.3) is 0 Å². The second kappa shape index (κ2) is 5.14. The van der Waals surface area contributed by atoms with E-state index in [-0.39, 0.29) is 5.56 Å². The van der Waals surface area contributed by atoms with Gasteiger partial charge in [-0.2, -0.15) is 0 Å². The first-order chi connectivity index (χ1) is 8.63. The van der Waals surface area contributed by atoms with E-state index >= 15 is 0 Å². The number of ether oxygens (including phenoxy) is 1. The van der Waals surface area contributed by atoms with Crippen molar-refractivity contribution >= 4 is 0 Å². The van der Waals surface area contributed by atoms with E-state index in [9.17, 15) is 9.50 Å². The molecule has 2 aromatic rings. The molecule has 1 atom stereocenters. The molecule has 1 N–H and O–H groups in total. The number of aromatic nitrogens is 1. The fourth-order valence-electron chi connectivity index (χ4n) is 1.83. The molecule has 0 saturated carbocycles. The van der Waals surface area contributed by atoms with Crippen molar-refractivity contribution in [1.82, 2.24) is 4.98 Å². The number of halogens is 1. The number of aryl methyl sites for hydroxylation is 1. The van der Waals surface area contributed by atoms with E-state index in [2.05, 4.69) is 4.98 Å². The topological polar surface area (TPSA) is 42.4 Å². The van der Waals surface area contributed by atoms with Crippen LogP contribution in [0.5, 0.6) is 5.75 Å². The minimum absolute atomic E-state index is 0.236. The summed E-state index contributed by atoms with van der Waals surface area (Å²) in [6, 6.07) is 6.25. The maximum atomic E-state index is 13.7. The Morgan fingerprint density at radius 1 is 1.28 bits per heavy atom. The lowest BCUT2D eigenvalue weighted by Gasteiger charge is -2.15. The van der Waals surface area contributed by atoms with E-state index < -0.39 is 11.9 Å². The van der Waals surface area contributed by atoms with Crippen LogP contribution in [0.4, 0.5) is 4.39 Å². The number of benzene rings is 1. The summed E-state index contributed by atoms with van der Waals surface area (Å²) in [6.07, 6.45) is 1.96. The minimum Gasteiger partial charge on any atom is -0.495 e. The van der Waals surface area contributed by atoms with Crippen LogP contribution in [-0.2, 0) is 0 Å². The molecule has 0 aliphatic heterocycles. The zero-order chi connectivity index (χ0) is 13.1. The third kappa shape index (κ3) is 2.33. The standard InChI is InChI=1S/C14H14FNO2/c1-9-3-4-12(15)11(7-9)14(17)10-5-6-16-8-13(10)18-2/h3-8,14,17H,1-2H3. The molecule has 18 heavy (non-hydrogen) atoms. The second-order valence-corrected chi connectivity index (χ2v) is 4.05. The highest BCUT2D eigenvalue weighted by atomic mass is 19.1. The van der Waals surface area contributed by atoms with Gasteiger partial charge in [0.05, 0.1) is 13.3 Å². The van der Waals surface area contributed by atoms with Crippen molar-refractivity contribution in [2.75, 3.05) is 7.11 Å². The molecule has 0 spiro atoms. The van der Waals surface area contributed by atoms with Crippen molar-refractivity contribution < 1.29 is 14.2 Å². The molecule has 0 aliphatic carbocycles. The normalized spacial score (nSPS) is 12.2. The number of aliphatic hydroxyl groups is 1. The van der Waals surface area contributed by atoms with Crippen LogP contribution in [0.2, 0.25) is 0 Å². The summed E-state index contributed by atoms with van der Waals surface area (Å²) < 4.78 is 18.8. The lowest BCUT2D eigenvalue weighted by atomic mass is 9.99. The van der Waals surface area contributed by atoms with Gasteiger partial charge in [0.1, 0.15) is 17.7 Å². The lowest BCUT2D eigenvalue weighted by Crippen LogP contribution is -2.05. The van der Waals surface area contributed by atoms with Gasteiger partial charge in [-0.1, -0.05) is 17.7 Å². The monoisotopic (exact) mass is 247 g/mol. The molecule has 3 nitrogen and oxygen atoms in total. The lowest BCUT2D eigenvalue weighted by molar-refractivity contribution is 0.209. The molecule has 4 heteroatoms. The molecule has 1 unspecified atom stereocenters. The van der Waals surface area contributed by atoms with Gasteiger partial charge in [-0.05, 0) is 19.1 Å². The largest absolute Gasteiger partial charge is 0.495 e. The van der Waals surface area contributed by atoms with Crippen LogP contribution >= 0.6 is 0 Å². The molecule has 2 rings (SSSR count). The third-order valence-electron chi connectivity index (χ3n) is 2.78. The van der Waals surface area contributed by atoms with Gasteiger partial charge < -0.3 is 9.84 Å². The van der Waals surface area contributed by atoms with Crippen molar-refractivity contribution in [2.45, 2.75) is 13.0 Å². The number of nitrogens with zero attached hydrogens (tertiary/aromatic N) is 1. The predicted octanol–water partition coefficient (Wildman–Crippen LogP) is 2.62. The molecule has 0 fully saturated rings. The molecular weight excluding hydrogens is 233 g/mol. The van der Waals surface area contributed by atoms with Gasteiger partial charge >= 0.3 is 0 Å². The average molecular weight is 247 g/mol. The fourth-order valence-corrected chi connectivity index (χ4v) is 1.83. The summed E-state index contributed by atoms with van der Waals surface area (Å²) in [5.74, 6) is -0.00197. The molecule has 0 aliphatic rings. The first kappa shape index (κ1) is 12.5. The molecular formula is C14H14FNO2. The Hall–Kier alpha value is -1.94. The van der Waals surface area contributed by atoms with Gasteiger partial charge in [0, 0.05) is 17.3 Å². The van der Waals surface area contributed by atoms with Crippen LogP contribution in [0.15, 0.2) is 36.7 Å². The van der Waals surface area contributed by atoms with Gasteiger partial charge in [-0.25, -0.2) is 4.39 Å². The highest BCUT2D eigenvalue weighted by Crippen LogP contribution is 2.30. The van der Waals surface area contributed by atoms with Crippen LogP contribution in [-0.4, -0.2) is 17.2 Å². The van der Waals surface area contributed by atoms with Crippen molar-refractivity contribution in [3.8, 4) is 5.75 Å². The molecule has 0 saturated heterocycles. The van der Waals surface area contributed by atoms with E-state index in [0.717, 1.165) is 5.56 Å². The van der Waals surface area contributed by atoms with E-state index in [1.165, 1.54) is 25.6 Å². The summed E-state index contributed by atoms with van der Waals surface area (Å²) in [5, 5.41) is 10.3. The minimum atomic E-state index is -1.07. The Balaban J connectivity index is 2.47. The van der Waals surface area contributed by atoms with Gasteiger partial charge in [-0.3, -0.25) is 4.98 Å². The number of rotatable bonds is 3. The SMILES string of the molecule is COc1cnccc1C(O)c1cc(C)ccc1F. The van der Waals surface area contributed by atoms with Crippen molar-refractivity contribution in [1.29, 1.82) is 0 Å². The number of methoxy groups -OCH3 is 1. The highest BCUT2D eigenvalue weighted by molar-refractivity contribution is 5.39. The quantitative estimate of drug-likeness (QED) is 0.906. The van der Waals surface area contributed by atoms with Gasteiger partial charge in [0.15, 0.2) is 0 Å². The molecule has 0 bridgehead atoms. The number of hydrogen-bond donors (Lipinski definition) is 1. The predicted molar refractivity (Wildman–Crippen MR) is 66.0 cm³/mol. The van der Waals surface area contributed by atoms with Crippen LogP contribution < -0.4 is 4.74 Å². The summed E-state index contributed by atoms with van der Waals surface area (Å²) in [4.78, 5) is 3.90. The highest BCUT2D eigenvalue weighted by Gasteiger charge is 2.18. The molecule has 0 amide bonds. The second-order valence-electron chi connectivity index (χ2n) is 4.05. The number of pyridine rings is 1. The van der Waals surface area contributed by atoms with E-state index in [4.69, 9.17) is 4.74 Å². The Labute approximate surface area is 105 Å². The van der Waals surface area contributed by atoms with Gasteiger partial charge in [-0.15, -0.1) is 0 Å². The van der Waals surface area contributed by atoms with E-state index in [1.807, 2.05) is 6.92 Å². The third-order valence-corrected chi connectivity index (χ3v) is 2.78. The Morgan fingerprint density at radius 3 is 2.78 bits per heavy atom.